The molecule has 2 aromatic rings. The largest absolute Gasteiger partial charge is 0.508 e. The molecule has 0 radical (unpaired) electrons. The van der Waals surface area contributed by atoms with Crippen molar-refractivity contribution in [3.8, 4) is 11.5 Å². The van der Waals surface area contributed by atoms with E-state index in [1.165, 1.54) is 36.5 Å². The molecule has 0 atom stereocenters. The van der Waals surface area contributed by atoms with Gasteiger partial charge in [-0.15, -0.1) is 0 Å². The number of carbonyl (C=O) groups is 1. The van der Waals surface area contributed by atoms with E-state index in [-0.39, 0.29) is 29.5 Å². The number of nitro benzene ring substituents is 1. The number of ketones is 1. The second-order valence-electron chi connectivity index (χ2n) is 6.55. The van der Waals surface area contributed by atoms with Crippen LogP contribution in [-0.2, 0) is 6.42 Å². The van der Waals surface area contributed by atoms with Gasteiger partial charge in [0, 0.05) is 35.5 Å². The summed E-state index contributed by atoms with van der Waals surface area (Å²) in [5.74, 6) is -0.348. The Kier molecular flexibility index (Phi) is 7.68. The first-order valence-corrected chi connectivity index (χ1v) is 9.24. The first kappa shape index (κ1) is 21.1. The summed E-state index contributed by atoms with van der Waals surface area (Å²) in [6, 6.07) is 8.29. The molecule has 0 unspecified atom stereocenters. The molecule has 0 aliphatic rings. The Morgan fingerprint density at radius 1 is 1.11 bits per heavy atom. The minimum absolute atomic E-state index is 0.0492. The molecule has 0 fully saturated rings. The van der Waals surface area contributed by atoms with Gasteiger partial charge in [0.15, 0.2) is 5.78 Å². The van der Waals surface area contributed by atoms with Crippen LogP contribution >= 0.6 is 0 Å². The van der Waals surface area contributed by atoms with Crippen LogP contribution in [0, 0.1) is 10.1 Å². The van der Waals surface area contributed by atoms with E-state index < -0.39 is 4.92 Å². The topological polar surface area (TPSA) is 113 Å². The number of aromatic hydroxyl groups is 2. The molecule has 0 heterocycles. The lowest BCUT2D eigenvalue weighted by Gasteiger charge is -2.08. The lowest BCUT2D eigenvalue weighted by molar-refractivity contribution is -0.384. The van der Waals surface area contributed by atoms with Gasteiger partial charge in [0.05, 0.1) is 4.92 Å². The van der Waals surface area contributed by atoms with Crippen LogP contribution in [0.3, 0.4) is 0 Å². The van der Waals surface area contributed by atoms with Crippen LogP contribution in [0.15, 0.2) is 41.4 Å². The third-order valence-corrected chi connectivity index (χ3v) is 4.39. The monoisotopic (exact) mass is 384 g/mol. The summed E-state index contributed by atoms with van der Waals surface area (Å²) in [5, 5.41) is 30.6. The van der Waals surface area contributed by atoms with Crippen molar-refractivity contribution in [2.45, 2.75) is 39.0 Å². The number of phenols is 2. The quantitative estimate of drug-likeness (QED) is 0.207. The predicted molar refractivity (Wildman–Crippen MR) is 108 cm³/mol. The van der Waals surface area contributed by atoms with Crippen molar-refractivity contribution in [3.05, 3.63) is 63.2 Å². The standard InChI is InChI=1S/C21H24N2O5/c1-2-3-4-5-6-16-11-17(20(25)12-19(16)24)13-22-14-21(26)15-7-9-18(10-8-15)23(27)28/h7-13,24-25H,2-6,14H2,1H3. The molecule has 0 spiro atoms. The molecule has 0 bridgehead atoms. The molecule has 0 saturated carbocycles. The number of carbonyl (C=O) groups excluding carboxylic acids is 1. The van der Waals surface area contributed by atoms with Crippen LogP contribution < -0.4 is 0 Å². The fraction of sp³-hybridized carbons (Fsp3) is 0.333. The van der Waals surface area contributed by atoms with Gasteiger partial charge in [0.1, 0.15) is 18.0 Å². The fourth-order valence-corrected chi connectivity index (χ4v) is 2.77. The van der Waals surface area contributed by atoms with E-state index >= 15 is 0 Å². The van der Waals surface area contributed by atoms with E-state index in [1.54, 1.807) is 6.07 Å². The molecule has 2 rings (SSSR count). The van der Waals surface area contributed by atoms with Crippen LogP contribution in [0.1, 0.15) is 54.1 Å². The van der Waals surface area contributed by atoms with Gasteiger partial charge in [0.2, 0.25) is 0 Å². The van der Waals surface area contributed by atoms with E-state index in [1.807, 2.05) is 0 Å². The van der Waals surface area contributed by atoms with Crippen molar-refractivity contribution in [3.63, 3.8) is 0 Å². The van der Waals surface area contributed by atoms with Crippen LogP contribution in [0.25, 0.3) is 0 Å². The normalized spacial score (nSPS) is 11.0. The molecule has 0 amide bonds. The zero-order chi connectivity index (χ0) is 20.5. The van der Waals surface area contributed by atoms with Gasteiger partial charge in [0.25, 0.3) is 5.69 Å². The third kappa shape index (κ3) is 5.90. The van der Waals surface area contributed by atoms with Crippen LogP contribution in [0.2, 0.25) is 0 Å². The molecule has 0 aliphatic heterocycles. The SMILES string of the molecule is CCCCCCc1cc(C=NCC(=O)c2ccc([N+](=O)[O-])cc2)c(O)cc1O. The fourth-order valence-electron chi connectivity index (χ4n) is 2.77. The Morgan fingerprint density at radius 3 is 2.46 bits per heavy atom. The maximum Gasteiger partial charge on any atom is 0.269 e. The highest BCUT2D eigenvalue weighted by Gasteiger charge is 2.10. The number of hydrogen-bond donors (Lipinski definition) is 2. The van der Waals surface area contributed by atoms with Crippen molar-refractivity contribution in [1.82, 2.24) is 0 Å². The molecular formula is C21H24N2O5. The summed E-state index contributed by atoms with van der Waals surface area (Å²) in [6.07, 6.45) is 6.38. The molecular weight excluding hydrogens is 360 g/mol. The molecule has 0 aromatic heterocycles. The number of phenolic OH excluding ortho intramolecular Hbond substituents is 2. The Balaban J connectivity index is 2.02. The lowest BCUT2D eigenvalue weighted by Crippen LogP contribution is -2.04. The number of Topliss-reactive ketones (excluding diaryl/α,β-unsaturated/α-hetero) is 1. The van der Waals surface area contributed by atoms with Crippen LogP contribution in [0.4, 0.5) is 5.69 Å². The highest BCUT2D eigenvalue weighted by atomic mass is 16.6. The second-order valence-corrected chi connectivity index (χ2v) is 6.55. The number of nitro groups is 1. The number of rotatable bonds is 10. The summed E-state index contributed by atoms with van der Waals surface area (Å²) in [7, 11) is 0. The van der Waals surface area contributed by atoms with Crippen LogP contribution in [0.5, 0.6) is 11.5 Å². The predicted octanol–water partition coefficient (Wildman–Crippen LogP) is 4.43. The number of unbranched alkanes of at least 4 members (excludes halogenated alkanes) is 3. The molecule has 2 aromatic carbocycles. The summed E-state index contributed by atoms with van der Waals surface area (Å²) in [4.78, 5) is 26.3. The van der Waals surface area contributed by atoms with Gasteiger partial charge in [-0.3, -0.25) is 19.9 Å². The zero-order valence-corrected chi connectivity index (χ0v) is 15.8. The molecule has 7 nitrogen and oxygen atoms in total. The highest BCUT2D eigenvalue weighted by molar-refractivity contribution is 5.99. The molecule has 148 valence electrons. The van der Waals surface area contributed by atoms with Gasteiger partial charge < -0.3 is 10.2 Å². The molecule has 0 aliphatic carbocycles. The highest BCUT2D eigenvalue weighted by Crippen LogP contribution is 2.28. The van der Waals surface area contributed by atoms with Gasteiger partial charge in [-0.05, 0) is 36.6 Å². The zero-order valence-electron chi connectivity index (χ0n) is 15.8. The summed E-state index contributed by atoms with van der Waals surface area (Å²) < 4.78 is 0. The van der Waals surface area contributed by atoms with Crippen molar-refractivity contribution in [2.24, 2.45) is 4.99 Å². The number of hydrogen-bond acceptors (Lipinski definition) is 6. The van der Waals surface area contributed by atoms with Crippen molar-refractivity contribution in [2.75, 3.05) is 6.54 Å². The van der Waals surface area contributed by atoms with E-state index in [9.17, 15) is 25.1 Å². The molecule has 7 heteroatoms. The second kappa shape index (κ2) is 10.2. The number of non-ortho nitro benzene ring substituents is 1. The van der Waals surface area contributed by atoms with Crippen LogP contribution in [-0.4, -0.2) is 33.7 Å². The smallest absolute Gasteiger partial charge is 0.269 e. The first-order valence-electron chi connectivity index (χ1n) is 9.24. The Bertz CT molecular complexity index is 860. The van der Waals surface area contributed by atoms with Crippen molar-refractivity contribution >= 4 is 17.7 Å². The van der Waals surface area contributed by atoms with Gasteiger partial charge >= 0.3 is 0 Å². The number of benzene rings is 2. The summed E-state index contributed by atoms with van der Waals surface area (Å²) >= 11 is 0. The average molecular weight is 384 g/mol. The maximum atomic E-state index is 12.1. The Hall–Kier alpha value is -3.22. The Morgan fingerprint density at radius 2 is 1.82 bits per heavy atom. The maximum absolute atomic E-state index is 12.1. The number of nitrogens with zero attached hydrogens (tertiary/aromatic N) is 2. The van der Waals surface area contributed by atoms with Gasteiger partial charge in [-0.25, -0.2) is 0 Å². The first-order chi connectivity index (χ1) is 13.4. The van der Waals surface area contributed by atoms with Gasteiger partial charge in [-0.1, -0.05) is 26.2 Å². The van der Waals surface area contributed by atoms with Crippen molar-refractivity contribution in [1.29, 1.82) is 0 Å². The lowest BCUT2D eigenvalue weighted by atomic mass is 10.0. The van der Waals surface area contributed by atoms with E-state index in [0.29, 0.717) is 17.5 Å². The third-order valence-electron chi connectivity index (χ3n) is 4.39. The minimum atomic E-state index is -0.528. The minimum Gasteiger partial charge on any atom is -0.508 e. The number of aryl methyl sites for hydroxylation is 1. The van der Waals surface area contributed by atoms with E-state index in [0.717, 1.165) is 31.2 Å². The summed E-state index contributed by atoms with van der Waals surface area (Å²) in [6.45, 7) is 1.98. The van der Waals surface area contributed by atoms with Crippen molar-refractivity contribution < 1.29 is 19.9 Å². The molecule has 0 saturated heterocycles. The molecule has 28 heavy (non-hydrogen) atoms. The molecule has 2 N–H and O–H groups in total. The summed E-state index contributed by atoms with van der Waals surface area (Å²) in [5.41, 5.74) is 1.41. The van der Waals surface area contributed by atoms with E-state index in [4.69, 9.17) is 0 Å². The average Bonchev–Trinajstić information content (AvgIpc) is 2.68. The van der Waals surface area contributed by atoms with E-state index in [2.05, 4.69) is 11.9 Å². The number of aliphatic imine (C=N–C) groups is 1. The Labute approximate surface area is 163 Å². The van der Waals surface area contributed by atoms with Gasteiger partial charge in [-0.2, -0.15) is 0 Å².